The van der Waals surface area contributed by atoms with Crippen molar-refractivity contribution in [1.29, 1.82) is 0 Å². The molecule has 60 valence electrons. The van der Waals surface area contributed by atoms with E-state index in [2.05, 4.69) is 32.0 Å². The highest BCUT2D eigenvalue weighted by atomic mass is 14.9. The van der Waals surface area contributed by atoms with Crippen LogP contribution in [-0.2, 0) is 0 Å². The predicted octanol–water partition coefficient (Wildman–Crippen LogP) is 1.33. The van der Waals surface area contributed by atoms with Gasteiger partial charge in [-0.3, -0.25) is 0 Å². The van der Waals surface area contributed by atoms with Crippen LogP contribution in [0.5, 0.6) is 0 Å². The largest absolute Gasteiger partial charge is 0.226 e. The molecule has 0 spiro atoms. The number of rotatable bonds is 4. The van der Waals surface area contributed by atoms with Crippen molar-refractivity contribution in [3.63, 3.8) is 0 Å². The first kappa shape index (κ1) is 9.76. The van der Waals surface area contributed by atoms with Crippen molar-refractivity contribution in [3.05, 3.63) is 0 Å². The Morgan fingerprint density at radius 2 is 1.27 bits per heavy atom. The second-order valence-corrected chi connectivity index (χ2v) is 1.61. The molecule has 0 radical (unpaired) electrons. The lowest BCUT2D eigenvalue weighted by Gasteiger charge is -1.73. The van der Waals surface area contributed by atoms with Crippen molar-refractivity contribution in [1.82, 2.24) is 0 Å². The average molecular weight is 152 g/mol. The van der Waals surface area contributed by atoms with Gasteiger partial charge in [-0.2, -0.15) is 0 Å². The standard InChI is InChI=1S/C7H12N4/c1-3-8-5-10-7-11-6-9-4-2/h3-4,7H2,1-2H3. The highest BCUT2D eigenvalue weighted by Gasteiger charge is 1.65. The average Bonchev–Trinajstić information content (AvgIpc) is 2.03. The fourth-order valence-corrected chi connectivity index (χ4v) is 0.340. The minimum absolute atomic E-state index is 0.312. The van der Waals surface area contributed by atoms with Gasteiger partial charge in [-0.15, -0.1) is 0 Å². The van der Waals surface area contributed by atoms with Gasteiger partial charge in [0.2, 0.25) is 0 Å². The second-order valence-electron chi connectivity index (χ2n) is 1.61. The van der Waals surface area contributed by atoms with Crippen LogP contribution < -0.4 is 0 Å². The van der Waals surface area contributed by atoms with E-state index in [1.807, 2.05) is 13.8 Å². The van der Waals surface area contributed by atoms with Crippen LogP contribution in [0.25, 0.3) is 0 Å². The SMILES string of the molecule is CCN=C=NCN=C=NCC. The van der Waals surface area contributed by atoms with E-state index in [4.69, 9.17) is 0 Å². The van der Waals surface area contributed by atoms with Gasteiger partial charge in [0.1, 0.15) is 0 Å². The first-order valence-corrected chi connectivity index (χ1v) is 3.57. The lowest BCUT2D eigenvalue weighted by atomic mass is 10.8. The van der Waals surface area contributed by atoms with Crippen molar-refractivity contribution in [2.24, 2.45) is 20.0 Å². The molecule has 0 aliphatic rings. The van der Waals surface area contributed by atoms with Gasteiger partial charge in [0.05, 0.1) is 12.0 Å². The molecule has 0 aromatic carbocycles. The molecule has 0 amide bonds. The van der Waals surface area contributed by atoms with Crippen molar-refractivity contribution < 1.29 is 0 Å². The van der Waals surface area contributed by atoms with Crippen molar-refractivity contribution >= 4 is 12.0 Å². The third kappa shape index (κ3) is 8.76. The minimum atomic E-state index is 0.312. The lowest BCUT2D eigenvalue weighted by Crippen LogP contribution is -1.72. The molecule has 0 atom stereocenters. The zero-order valence-corrected chi connectivity index (χ0v) is 6.91. The molecule has 0 unspecified atom stereocenters. The van der Waals surface area contributed by atoms with Gasteiger partial charge in [-0.25, -0.2) is 20.0 Å². The summed E-state index contributed by atoms with van der Waals surface area (Å²) in [6, 6.07) is 4.97. The van der Waals surface area contributed by atoms with Gasteiger partial charge in [-0.05, 0) is 13.8 Å². The molecular weight excluding hydrogens is 140 g/mol. The van der Waals surface area contributed by atoms with Crippen molar-refractivity contribution in [3.8, 4) is 0 Å². The maximum atomic E-state index is 3.75. The second kappa shape index (κ2) is 8.76. The van der Waals surface area contributed by atoms with Crippen LogP contribution in [0, 0.1) is 0 Å². The van der Waals surface area contributed by atoms with E-state index in [9.17, 15) is 0 Å². The molecule has 0 bridgehead atoms. The summed E-state index contributed by atoms with van der Waals surface area (Å²) >= 11 is 0. The van der Waals surface area contributed by atoms with E-state index in [1.54, 1.807) is 0 Å². The van der Waals surface area contributed by atoms with Crippen LogP contribution in [-0.4, -0.2) is 31.8 Å². The quantitative estimate of drug-likeness (QED) is 0.546. The van der Waals surface area contributed by atoms with Gasteiger partial charge in [-0.1, -0.05) is 0 Å². The molecule has 0 aliphatic carbocycles. The third-order valence-electron chi connectivity index (χ3n) is 0.740. The molecule has 0 heterocycles. The maximum Gasteiger partial charge on any atom is 0.151 e. The Hall–Kier alpha value is -1.24. The molecule has 0 aromatic heterocycles. The molecule has 0 aliphatic heterocycles. The van der Waals surface area contributed by atoms with Gasteiger partial charge in [0.15, 0.2) is 6.67 Å². The maximum absolute atomic E-state index is 3.75. The van der Waals surface area contributed by atoms with Gasteiger partial charge >= 0.3 is 0 Å². The Morgan fingerprint density at radius 3 is 1.64 bits per heavy atom. The molecule has 11 heavy (non-hydrogen) atoms. The molecule has 0 saturated heterocycles. The molecule has 4 nitrogen and oxygen atoms in total. The zero-order valence-electron chi connectivity index (χ0n) is 6.91. The van der Waals surface area contributed by atoms with E-state index in [0.29, 0.717) is 19.8 Å². The van der Waals surface area contributed by atoms with E-state index < -0.39 is 0 Å². The topological polar surface area (TPSA) is 49.4 Å². The smallest absolute Gasteiger partial charge is 0.151 e. The number of nitrogens with zero attached hydrogens (tertiary/aromatic N) is 4. The van der Waals surface area contributed by atoms with Gasteiger partial charge in [0, 0.05) is 13.1 Å². The molecule has 0 rings (SSSR count). The van der Waals surface area contributed by atoms with Crippen LogP contribution in [0.15, 0.2) is 20.0 Å². The summed E-state index contributed by atoms with van der Waals surface area (Å²) in [5, 5.41) is 0. The third-order valence-corrected chi connectivity index (χ3v) is 0.740. The predicted molar refractivity (Wildman–Crippen MR) is 45.7 cm³/mol. The molecule has 4 heteroatoms. The molecule has 0 saturated carbocycles. The first-order chi connectivity index (χ1) is 5.41. The Balaban J connectivity index is 3.56. The summed E-state index contributed by atoms with van der Waals surface area (Å²) in [6.45, 7) is 5.56. The number of hydrogen-bond acceptors (Lipinski definition) is 4. The molecule has 0 fully saturated rings. The fraction of sp³-hybridized carbons (Fsp3) is 0.714. The van der Waals surface area contributed by atoms with Gasteiger partial charge < -0.3 is 0 Å². The molecule has 0 N–H and O–H groups in total. The zero-order chi connectivity index (χ0) is 8.36. The van der Waals surface area contributed by atoms with Crippen LogP contribution >= 0.6 is 0 Å². The summed E-state index contributed by atoms with van der Waals surface area (Å²) in [4.78, 5) is 15.0. The Kier molecular flexibility index (Phi) is 7.77. The summed E-state index contributed by atoms with van der Waals surface area (Å²) < 4.78 is 0. The lowest BCUT2D eigenvalue weighted by molar-refractivity contribution is 1.06. The Morgan fingerprint density at radius 1 is 0.818 bits per heavy atom. The summed E-state index contributed by atoms with van der Waals surface area (Å²) in [5.41, 5.74) is 0. The number of hydrogen-bond donors (Lipinski definition) is 0. The van der Waals surface area contributed by atoms with Crippen LogP contribution in [0.3, 0.4) is 0 Å². The summed E-state index contributed by atoms with van der Waals surface area (Å²) in [5.74, 6) is 0. The summed E-state index contributed by atoms with van der Waals surface area (Å²) in [6.07, 6.45) is 0. The fourth-order valence-electron chi connectivity index (χ4n) is 0.340. The highest BCUT2D eigenvalue weighted by molar-refractivity contribution is 5.43. The van der Waals surface area contributed by atoms with Crippen molar-refractivity contribution in [2.45, 2.75) is 13.8 Å². The molecule has 0 aromatic rings. The monoisotopic (exact) mass is 152 g/mol. The highest BCUT2D eigenvalue weighted by Crippen LogP contribution is 1.68. The van der Waals surface area contributed by atoms with Crippen molar-refractivity contribution in [2.75, 3.05) is 19.8 Å². The van der Waals surface area contributed by atoms with Crippen LogP contribution in [0.4, 0.5) is 0 Å². The Labute approximate surface area is 66.5 Å². The van der Waals surface area contributed by atoms with Crippen LogP contribution in [0.2, 0.25) is 0 Å². The van der Waals surface area contributed by atoms with Crippen LogP contribution in [0.1, 0.15) is 13.8 Å². The Bertz CT molecular complexity index is 172. The normalized spacial score (nSPS) is 7.45. The first-order valence-electron chi connectivity index (χ1n) is 3.57. The van der Waals surface area contributed by atoms with E-state index in [-0.39, 0.29) is 0 Å². The molecular formula is C7H12N4. The van der Waals surface area contributed by atoms with E-state index in [1.165, 1.54) is 0 Å². The van der Waals surface area contributed by atoms with E-state index in [0.717, 1.165) is 0 Å². The van der Waals surface area contributed by atoms with E-state index >= 15 is 0 Å². The number of aliphatic imine (C=N–C) groups is 4. The minimum Gasteiger partial charge on any atom is -0.226 e. The summed E-state index contributed by atoms with van der Waals surface area (Å²) in [7, 11) is 0. The van der Waals surface area contributed by atoms with Gasteiger partial charge in [0.25, 0.3) is 0 Å².